The number of unbranched alkanes of at least 4 members (excludes halogenated alkanes) is 9. The van der Waals surface area contributed by atoms with Crippen LogP contribution in [0.4, 0.5) is 0 Å². The van der Waals surface area contributed by atoms with E-state index in [2.05, 4.69) is 25.5 Å². The molecule has 1 heterocycles. The zero-order valence-corrected chi connectivity index (χ0v) is 17.9. The SMILES string of the molecule is CCCCCC1OC(CCCCCCCCCCC(=O)OC)C(C)C1C. The summed E-state index contributed by atoms with van der Waals surface area (Å²) in [5.41, 5.74) is 0. The molecule has 154 valence electrons. The summed E-state index contributed by atoms with van der Waals surface area (Å²) < 4.78 is 11.1. The van der Waals surface area contributed by atoms with Gasteiger partial charge in [0.05, 0.1) is 19.3 Å². The molecular weight excluding hydrogens is 324 g/mol. The number of esters is 1. The zero-order valence-electron chi connectivity index (χ0n) is 17.9. The summed E-state index contributed by atoms with van der Waals surface area (Å²) in [6.07, 6.45) is 18.0. The molecule has 0 amide bonds. The third-order valence-electron chi connectivity index (χ3n) is 6.29. The maximum atomic E-state index is 11.0. The Kier molecular flexibility index (Phi) is 13.1. The average molecular weight is 369 g/mol. The van der Waals surface area contributed by atoms with Gasteiger partial charge in [0, 0.05) is 6.42 Å². The van der Waals surface area contributed by atoms with E-state index in [1.54, 1.807) is 0 Å². The molecule has 1 rings (SSSR count). The summed E-state index contributed by atoms with van der Waals surface area (Å²) in [6, 6.07) is 0. The Hall–Kier alpha value is -0.570. The Labute approximate surface area is 162 Å². The maximum Gasteiger partial charge on any atom is 0.305 e. The van der Waals surface area contributed by atoms with Gasteiger partial charge in [0.25, 0.3) is 0 Å². The van der Waals surface area contributed by atoms with Crippen LogP contribution in [0.25, 0.3) is 0 Å². The standard InChI is InChI=1S/C23H44O3/c1-5-6-13-16-21-19(2)20(3)22(26-21)17-14-11-9-7-8-10-12-15-18-23(24)25-4/h19-22H,5-18H2,1-4H3. The molecule has 3 heteroatoms. The van der Waals surface area contributed by atoms with Crippen molar-refractivity contribution in [3.63, 3.8) is 0 Å². The van der Waals surface area contributed by atoms with Crippen molar-refractivity contribution >= 4 is 5.97 Å². The van der Waals surface area contributed by atoms with Gasteiger partial charge < -0.3 is 9.47 Å². The van der Waals surface area contributed by atoms with Gasteiger partial charge in [-0.25, -0.2) is 0 Å². The van der Waals surface area contributed by atoms with Crippen molar-refractivity contribution in [3.05, 3.63) is 0 Å². The van der Waals surface area contributed by atoms with Crippen molar-refractivity contribution in [3.8, 4) is 0 Å². The monoisotopic (exact) mass is 368 g/mol. The number of ether oxygens (including phenoxy) is 2. The summed E-state index contributed by atoms with van der Waals surface area (Å²) in [5.74, 6) is 1.37. The van der Waals surface area contributed by atoms with Crippen molar-refractivity contribution in [1.29, 1.82) is 0 Å². The van der Waals surface area contributed by atoms with Crippen molar-refractivity contribution in [2.75, 3.05) is 7.11 Å². The fourth-order valence-electron chi connectivity index (χ4n) is 4.18. The quantitative estimate of drug-likeness (QED) is 0.239. The minimum absolute atomic E-state index is 0.0738. The molecule has 1 saturated heterocycles. The second-order valence-corrected chi connectivity index (χ2v) is 8.37. The van der Waals surface area contributed by atoms with Crippen molar-refractivity contribution in [2.24, 2.45) is 11.8 Å². The first kappa shape index (κ1) is 23.5. The van der Waals surface area contributed by atoms with Gasteiger partial charge >= 0.3 is 5.97 Å². The van der Waals surface area contributed by atoms with Gasteiger partial charge in [-0.2, -0.15) is 0 Å². The van der Waals surface area contributed by atoms with Crippen LogP contribution in [0.2, 0.25) is 0 Å². The van der Waals surface area contributed by atoms with Crippen molar-refractivity contribution in [1.82, 2.24) is 0 Å². The largest absolute Gasteiger partial charge is 0.469 e. The van der Waals surface area contributed by atoms with Gasteiger partial charge in [-0.3, -0.25) is 4.79 Å². The van der Waals surface area contributed by atoms with E-state index in [1.807, 2.05) is 0 Å². The number of hydrogen-bond acceptors (Lipinski definition) is 3. The van der Waals surface area contributed by atoms with Crippen LogP contribution < -0.4 is 0 Å². The molecule has 4 unspecified atom stereocenters. The summed E-state index contributed by atoms with van der Waals surface area (Å²) in [7, 11) is 1.47. The number of carbonyl (C=O) groups excluding carboxylic acids is 1. The van der Waals surface area contributed by atoms with Crippen LogP contribution in [0.5, 0.6) is 0 Å². The first-order valence-corrected chi connectivity index (χ1v) is 11.3. The van der Waals surface area contributed by atoms with Crippen LogP contribution in [-0.2, 0) is 14.3 Å². The molecule has 1 aliphatic rings. The van der Waals surface area contributed by atoms with Gasteiger partial charge in [0.2, 0.25) is 0 Å². The lowest BCUT2D eigenvalue weighted by Gasteiger charge is -2.15. The molecular formula is C23H44O3. The van der Waals surface area contributed by atoms with E-state index in [1.165, 1.54) is 77.7 Å². The third kappa shape index (κ3) is 9.39. The molecule has 0 N–H and O–H groups in total. The van der Waals surface area contributed by atoms with Crippen LogP contribution in [0.1, 0.15) is 111 Å². The number of carbonyl (C=O) groups is 1. The molecule has 0 bridgehead atoms. The highest BCUT2D eigenvalue weighted by Gasteiger charge is 2.37. The van der Waals surface area contributed by atoms with Gasteiger partial charge in [-0.15, -0.1) is 0 Å². The highest BCUT2D eigenvalue weighted by molar-refractivity contribution is 5.68. The molecule has 0 saturated carbocycles. The van der Waals surface area contributed by atoms with Crippen molar-refractivity contribution in [2.45, 2.75) is 123 Å². The van der Waals surface area contributed by atoms with Crippen molar-refractivity contribution < 1.29 is 14.3 Å². The molecule has 0 radical (unpaired) electrons. The molecule has 1 aliphatic heterocycles. The smallest absolute Gasteiger partial charge is 0.305 e. The Morgan fingerprint density at radius 2 is 1.23 bits per heavy atom. The fraction of sp³-hybridized carbons (Fsp3) is 0.957. The molecule has 0 aromatic carbocycles. The third-order valence-corrected chi connectivity index (χ3v) is 6.29. The molecule has 4 atom stereocenters. The normalized spacial score (nSPS) is 25.5. The minimum Gasteiger partial charge on any atom is -0.469 e. The summed E-state index contributed by atoms with van der Waals surface area (Å²) in [6.45, 7) is 7.05. The van der Waals surface area contributed by atoms with Gasteiger partial charge in [-0.05, 0) is 31.1 Å². The molecule has 0 aromatic rings. The Balaban J connectivity index is 1.98. The first-order chi connectivity index (χ1) is 12.6. The lowest BCUT2D eigenvalue weighted by atomic mass is 9.87. The van der Waals surface area contributed by atoms with E-state index in [-0.39, 0.29) is 5.97 Å². The lowest BCUT2D eigenvalue weighted by Crippen LogP contribution is -2.16. The van der Waals surface area contributed by atoms with E-state index < -0.39 is 0 Å². The Morgan fingerprint density at radius 1 is 0.769 bits per heavy atom. The van der Waals surface area contributed by atoms with Crippen LogP contribution in [0, 0.1) is 11.8 Å². The summed E-state index contributed by atoms with van der Waals surface area (Å²) >= 11 is 0. The topological polar surface area (TPSA) is 35.5 Å². The Morgan fingerprint density at radius 3 is 1.73 bits per heavy atom. The van der Waals surface area contributed by atoms with E-state index in [0.29, 0.717) is 18.6 Å². The average Bonchev–Trinajstić information content (AvgIpc) is 2.91. The number of methoxy groups -OCH3 is 1. The van der Waals surface area contributed by atoms with E-state index in [4.69, 9.17) is 4.74 Å². The lowest BCUT2D eigenvalue weighted by molar-refractivity contribution is -0.140. The zero-order chi connectivity index (χ0) is 19.2. The second kappa shape index (κ2) is 14.5. The first-order valence-electron chi connectivity index (χ1n) is 11.3. The molecule has 0 aromatic heterocycles. The number of rotatable bonds is 15. The molecule has 1 fully saturated rings. The van der Waals surface area contributed by atoms with Crippen LogP contribution in [0.3, 0.4) is 0 Å². The molecule has 0 aliphatic carbocycles. The second-order valence-electron chi connectivity index (χ2n) is 8.37. The van der Waals surface area contributed by atoms with Gasteiger partial charge in [0.15, 0.2) is 0 Å². The maximum absolute atomic E-state index is 11.0. The number of hydrogen-bond donors (Lipinski definition) is 0. The van der Waals surface area contributed by atoms with E-state index >= 15 is 0 Å². The van der Waals surface area contributed by atoms with Crippen LogP contribution in [0.15, 0.2) is 0 Å². The predicted molar refractivity (Wildman–Crippen MR) is 109 cm³/mol. The molecule has 0 spiro atoms. The summed E-state index contributed by atoms with van der Waals surface area (Å²) in [4.78, 5) is 11.0. The molecule has 26 heavy (non-hydrogen) atoms. The highest BCUT2D eigenvalue weighted by atomic mass is 16.5. The fourth-order valence-corrected chi connectivity index (χ4v) is 4.18. The predicted octanol–water partition coefficient (Wildman–Crippen LogP) is 6.68. The van der Waals surface area contributed by atoms with Gasteiger partial charge in [-0.1, -0.05) is 85.0 Å². The van der Waals surface area contributed by atoms with Crippen LogP contribution in [-0.4, -0.2) is 25.3 Å². The van der Waals surface area contributed by atoms with Gasteiger partial charge in [0.1, 0.15) is 0 Å². The highest BCUT2D eigenvalue weighted by Crippen LogP contribution is 2.37. The van der Waals surface area contributed by atoms with E-state index in [9.17, 15) is 4.79 Å². The van der Waals surface area contributed by atoms with E-state index in [0.717, 1.165) is 24.7 Å². The summed E-state index contributed by atoms with van der Waals surface area (Å²) in [5, 5.41) is 0. The molecule has 3 nitrogen and oxygen atoms in total. The van der Waals surface area contributed by atoms with Crippen LogP contribution >= 0.6 is 0 Å². The Bertz CT molecular complexity index is 355. The minimum atomic E-state index is -0.0738.